The number of anilines is 2. The number of alkyl halides is 6. The Morgan fingerprint density at radius 2 is 1.58 bits per heavy atom. The van der Waals surface area contributed by atoms with E-state index in [1.165, 1.54) is 36.5 Å². The van der Waals surface area contributed by atoms with Gasteiger partial charge < -0.3 is 10.1 Å². The second-order valence-corrected chi connectivity index (χ2v) is 8.31. The maximum atomic E-state index is 13.6. The molecule has 0 aliphatic rings. The zero-order chi connectivity index (χ0) is 26.3. The highest BCUT2D eigenvalue weighted by molar-refractivity contribution is 5.96. The van der Waals surface area contributed by atoms with Gasteiger partial charge in [0.25, 0.3) is 0 Å². The van der Waals surface area contributed by atoms with E-state index in [4.69, 9.17) is 4.74 Å². The zero-order valence-corrected chi connectivity index (χ0v) is 19.3. The van der Waals surface area contributed by atoms with Crippen LogP contribution in [0.5, 0.6) is 6.01 Å². The average molecular weight is 506 g/mol. The quantitative estimate of drug-likeness (QED) is 0.283. The third-order valence-corrected chi connectivity index (χ3v) is 5.18. The molecule has 2 aromatic carbocycles. The third kappa shape index (κ3) is 5.34. The highest BCUT2D eigenvalue weighted by Gasteiger charge is 2.34. The van der Waals surface area contributed by atoms with Crippen LogP contribution in [0.4, 0.5) is 37.8 Å². The lowest BCUT2D eigenvalue weighted by molar-refractivity contribution is -0.138. The molecular weight excluding hydrogens is 486 g/mol. The fourth-order valence-corrected chi connectivity index (χ4v) is 3.68. The molecule has 0 aliphatic heterocycles. The normalized spacial score (nSPS) is 12.3. The molecule has 0 amide bonds. The molecule has 4 rings (SSSR count). The Hall–Kier alpha value is -3.89. The van der Waals surface area contributed by atoms with Crippen molar-refractivity contribution in [3.05, 3.63) is 71.4 Å². The molecule has 0 fully saturated rings. The standard InChI is InChI=1S/C25H20F6N4O/c1-13(2)36-23-34-19-12-15(21-18(25(29,30)31)5-4-10-32-21)11-14(3)20(19)22(35-23)33-17-8-6-16(7-9-17)24(26,27)28/h4-13H,1-3H3,(H,33,34,35). The Morgan fingerprint density at radius 3 is 2.19 bits per heavy atom. The van der Waals surface area contributed by atoms with Gasteiger partial charge in [-0.15, -0.1) is 0 Å². The van der Waals surface area contributed by atoms with E-state index in [-0.39, 0.29) is 34.7 Å². The molecule has 0 unspecified atom stereocenters. The van der Waals surface area contributed by atoms with E-state index in [1.54, 1.807) is 20.8 Å². The molecule has 0 saturated heterocycles. The lowest BCUT2D eigenvalue weighted by atomic mass is 10.00. The van der Waals surface area contributed by atoms with E-state index < -0.39 is 23.5 Å². The van der Waals surface area contributed by atoms with E-state index in [9.17, 15) is 26.3 Å². The molecule has 2 heterocycles. The lowest BCUT2D eigenvalue weighted by Gasteiger charge is -2.17. The van der Waals surface area contributed by atoms with Gasteiger partial charge in [0, 0.05) is 22.8 Å². The van der Waals surface area contributed by atoms with Gasteiger partial charge in [0.1, 0.15) is 5.82 Å². The van der Waals surface area contributed by atoms with E-state index in [0.717, 1.165) is 18.2 Å². The van der Waals surface area contributed by atoms with Crippen molar-refractivity contribution in [2.24, 2.45) is 0 Å². The van der Waals surface area contributed by atoms with Gasteiger partial charge in [0.05, 0.1) is 28.4 Å². The van der Waals surface area contributed by atoms with Gasteiger partial charge in [-0.25, -0.2) is 0 Å². The molecule has 0 radical (unpaired) electrons. The highest BCUT2D eigenvalue weighted by atomic mass is 19.4. The molecule has 0 saturated carbocycles. The summed E-state index contributed by atoms with van der Waals surface area (Å²) in [5.74, 6) is 0.233. The largest absolute Gasteiger partial charge is 0.461 e. The number of aryl methyl sites for hydroxylation is 1. The fraction of sp³-hybridized carbons (Fsp3) is 0.240. The van der Waals surface area contributed by atoms with E-state index in [2.05, 4.69) is 20.3 Å². The first-order valence-electron chi connectivity index (χ1n) is 10.8. The van der Waals surface area contributed by atoms with Gasteiger partial charge in [-0.3, -0.25) is 4.98 Å². The highest BCUT2D eigenvalue weighted by Crippen LogP contribution is 2.39. The summed E-state index contributed by atoms with van der Waals surface area (Å²) in [6, 6.07) is 9.48. The number of ether oxygens (including phenoxy) is 1. The van der Waals surface area contributed by atoms with Crippen molar-refractivity contribution in [3.8, 4) is 17.3 Å². The Kier molecular flexibility index (Phi) is 6.50. The van der Waals surface area contributed by atoms with Crippen LogP contribution in [0.15, 0.2) is 54.7 Å². The minimum absolute atomic E-state index is 0.0412. The third-order valence-electron chi connectivity index (χ3n) is 5.18. The number of aromatic nitrogens is 3. The smallest absolute Gasteiger partial charge is 0.418 e. The summed E-state index contributed by atoms with van der Waals surface area (Å²) in [5.41, 5.74) is -0.609. The number of rotatable bonds is 5. The molecule has 5 nitrogen and oxygen atoms in total. The van der Waals surface area contributed by atoms with E-state index >= 15 is 0 Å². The minimum atomic E-state index is -4.61. The predicted molar refractivity (Wildman–Crippen MR) is 123 cm³/mol. The Morgan fingerprint density at radius 1 is 0.889 bits per heavy atom. The van der Waals surface area contributed by atoms with Crippen LogP contribution in [-0.4, -0.2) is 21.1 Å². The van der Waals surface area contributed by atoms with E-state index in [0.29, 0.717) is 16.6 Å². The zero-order valence-electron chi connectivity index (χ0n) is 19.3. The topological polar surface area (TPSA) is 59.9 Å². The number of halogens is 6. The number of hydrogen-bond acceptors (Lipinski definition) is 5. The van der Waals surface area contributed by atoms with Gasteiger partial charge in [-0.05, 0) is 74.9 Å². The van der Waals surface area contributed by atoms with Crippen LogP contribution < -0.4 is 10.1 Å². The van der Waals surface area contributed by atoms with Gasteiger partial charge in [-0.2, -0.15) is 36.3 Å². The Balaban J connectivity index is 1.86. The van der Waals surface area contributed by atoms with Crippen LogP contribution in [0, 0.1) is 6.92 Å². The molecule has 0 bridgehead atoms. The van der Waals surface area contributed by atoms with Crippen molar-refractivity contribution in [3.63, 3.8) is 0 Å². The van der Waals surface area contributed by atoms with Crippen molar-refractivity contribution in [2.75, 3.05) is 5.32 Å². The van der Waals surface area contributed by atoms with Crippen molar-refractivity contribution >= 4 is 22.4 Å². The number of nitrogens with zero attached hydrogens (tertiary/aromatic N) is 3. The van der Waals surface area contributed by atoms with E-state index in [1.807, 2.05) is 0 Å². The van der Waals surface area contributed by atoms with Crippen molar-refractivity contribution in [1.82, 2.24) is 15.0 Å². The van der Waals surface area contributed by atoms with Gasteiger partial charge >= 0.3 is 18.4 Å². The van der Waals surface area contributed by atoms with Crippen molar-refractivity contribution in [2.45, 2.75) is 39.2 Å². The summed E-state index contributed by atoms with van der Waals surface area (Å²) < 4.78 is 85.2. The first-order valence-corrected chi connectivity index (χ1v) is 10.8. The van der Waals surface area contributed by atoms with Gasteiger partial charge in [0.2, 0.25) is 0 Å². The molecule has 4 aromatic rings. The summed E-state index contributed by atoms with van der Waals surface area (Å²) in [5, 5.41) is 3.45. The second kappa shape index (κ2) is 9.29. The molecule has 0 aliphatic carbocycles. The number of pyridine rings is 1. The lowest BCUT2D eigenvalue weighted by Crippen LogP contribution is -2.10. The molecular formula is C25H20F6N4O. The average Bonchev–Trinajstić information content (AvgIpc) is 2.77. The Labute approximate surface area is 202 Å². The summed E-state index contributed by atoms with van der Waals surface area (Å²) >= 11 is 0. The molecule has 2 aromatic heterocycles. The maximum Gasteiger partial charge on any atom is 0.418 e. The molecule has 0 atom stereocenters. The van der Waals surface area contributed by atoms with Crippen LogP contribution in [0.1, 0.15) is 30.5 Å². The van der Waals surface area contributed by atoms with Crippen LogP contribution in [-0.2, 0) is 12.4 Å². The van der Waals surface area contributed by atoms with Crippen LogP contribution in [0.3, 0.4) is 0 Å². The molecule has 11 heteroatoms. The number of benzene rings is 2. The first kappa shape index (κ1) is 25.2. The van der Waals surface area contributed by atoms with Gasteiger partial charge in [-0.1, -0.05) is 0 Å². The molecule has 188 valence electrons. The number of fused-ring (bicyclic) bond motifs is 1. The molecule has 36 heavy (non-hydrogen) atoms. The molecule has 0 spiro atoms. The first-order chi connectivity index (χ1) is 16.8. The second-order valence-electron chi connectivity index (χ2n) is 8.31. The summed E-state index contributed by atoms with van der Waals surface area (Å²) in [6.07, 6.45) is -8.13. The number of hydrogen-bond donors (Lipinski definition) is 1. The predicted octanol–water partition coefficient (Wildman–Crippen LogP) is 7.57. The summed E-state index contributed by atoms with van der Waals surface area (Å²) in [6.45, 7) is 5.18. The van der Waals surface area contributed by atoms with Crippen LogP contribution in [0.2, 0.25) is 0 Å². The SMILES string of the molecule is Cc1cc(-c2ncccc2C(F)(F)F)cc2nc(OC(C)C)nc(Nc3ccc(C(F)(F)F)cc3)c12. The van der Waals surface area contributed by atoms with Crippen molar-refractivity contribution in [1.29, 1.82) is 0 Å². The summed E-state index contributed by atoms with van der Waals surface area (Å²) in [7, 11) is 0. The Bertz CT molecular complexity index is 1400. The minimum Gasteiger partial charge on any atom is -0.461 e. The number of nitrogens with one attached hydrogen (secondary N) is 1. The van der Waals surface area contributed by atoms with Crippen LogP contribution >= 0.6 is 0 Å². The van der Waals surface area contributed by atoms with Crippen LogP contribution in [0.25, 0.3) is 22.2 Å². The van der Waals surface area contributed by atoms with Crippen molar-refractivity contribution < 1.29 is 31.1 Å². The maximum absolute atomic E-state index is 13.6. The summed E-state index contributed by atoms with van der Waals surface area (Å²) in [4.78, 5) is 12.7. The van der Waals surface area contributed by atoms with Gasteiger partial charge in [0.15, 0.2) is 0 Å². The fourth-order valence-electron chi connectivity index (χ4n) is 3.68. The monoisotopic (exact) mass is 506 g/mol. The molecule has 1 N–H and O–H groups in total.